The Hall–Kier alpha value is -1.12. The van der Waals surface area contributed by atoms with Gasteiger partial charge >= 0.3 is 0 Å². The molecule has 0 aliphatic rings. The van der Waals surface area contributed by atoms with Gasteiger partial charge in [0, 0.05) is 4.47 Å². The maximum absolute atomic E-state index is 3.59. The largest absolute Gasteiger partial charge is 0.309 e. The Morgan fingerprint density at radius 3 is 2.19 bits per heavy atom. The highest BCUT2D eigenvalue weighted by Crippen LogP contribution is 2.27. The second-order valence-corrected chi connectivity index (χ2v) is 4.51. The van der Waals surface area contributed by atoms with Crippen molar-refractivity contribution in [1.82, 2.24) is 5.32 Å². The van der Waals surface area contributed by atoms with Crippen molar-refractivity contribution in [2.75, 3.05) is 7.05 Å². The van der Waals surface area contributed by atoms with Gasteiger partial charge in [0.15, 0.2) is 0 Å². The molecule has 0 radical (unpaired) electrons. The molecule has 0 aliphatic carbocycles. The predicted molar refractivity (Wildman–Crippen MR) is 71.5 cm³/mol. The second-order valence-electron chi connectivity index (χ2n) is 3.65. The fourth-order valence-corrected chi connectivity index (χ4v) is 2.37. The smallest absolute Gasteiger partial charge is 0.0585 e. The van der Waals surface area contributed by atoms with Crippen LogP contribution in [0, 0.1) is 0 Å². The van der Waals surface area contributed by atoms with Crippen LogP contribution in [0.25, 0.3) is 0 Å². The summed E-state index contributed by atoms with van der Waals surface area (Å²) in [6.07, 6.45) is 0. The van der Waals surface area contributed by atoms with Gasteiger partial charge in [0.1, 0.15) is 0 Å². The fourth-order valence-electron chi connectivity index (χ4n) is 1.86. The number of halogens is 1. The Kier molecular flexibility index (Phi) is 3.75. The van der Waals surface area contributed by atoms with Crippen LogP contribution in [0.2, 0.25) is 0 Å². The highest BCUT2D eigenvalue weighted by molar-refractivity contribution is 9.10. The normalized spacial score (nSPS) is 12.4. The highest BCUT2D eigenvalue weighted by atomic mass is 79.9. The van der Waals surface area contributed by atoms with E-state index in [4.69, 9.17) is 0 Å². The molecule has 0 saturated carbocycles. The Labute approximate surface area is 105 Å². The van der Waals surface area contributed by atoms with Crippen molar-refractivity contribution in [2.24, 2.45) is 0 Å². The lowest BCUT2D eigenvalue weighted by atomic mass is 9.99. The zero-order valence-corrected chi connectivity index (χ0v) is 10.7. The number of nitrogens with one attached hydrogen (secondary N) is 1. The molecule has 0 fully saturated rings. The van der Waals surface area contributed by atoms with Crippen molar-refractivity contribution < 1.29 is 0 Å². The predicted octanol–water partition coefficient (Wildman–Crippen LogP) is 3.76. The topological polar surface area (TPSA) is 12.0 Å². The van der Waals surface area contributed by atoms with E-state index in [0.717, 1.165) is 4.47 Å². The second kappa shape index (κ2) is 5.28. The Balaban J connectivity index is 2.41. The molecule has 2 heteroatoms. The molecule has 1 atom stereocenters. The maximum atomic E-state index is 3.59. The molecule has 2 aromatic rings. The average molecular weight is 276 g/mol. The van der Waals surface area contributed by atoms with Gasteiger partial charge in [-0.1, -0.05) is 64.5 Å². The molecule has 0 amide bonds. The summed E-state index contributed by atoms with van der Waals surface area (Å²) in [5.74, 6) is 0. The van der Waals surface area contributed by atoms with Gasteiger partial charge in [-0.05, 0) is 24.2 Å². The summed E-state index contributed by atoms with van der Waals surface area (Å²) in [7, 11) is 1.98. The Morgan fingerprint density at radius 2 is 1.56 bits per heavy atom. The first kappa shape index (κ1) is 11.4. The molecule has 0 heterocycles. The van der Waals surface area contributed by atoms with Gasteiger partial charge in [0.25, 0.3) is 0 Å². The molecule has 0 aliphatic heterocycles. The van der Waals surface area contributed by atoms with E-state index in [1.807, 2.05) is 19.2 Å². The van der Waals surface area contributed by atoms with Crippen molar-refractivity contribution >= 4 is 15.9 Å². The average Bonchev–Trinajstić information content (AvgIpc) is 2.34. The van der Waals surface area contributed by atoms with E-state index in [2.05, 4.69) is 63.7 Å². The van der Waals surface area contributed by atoms with Gasteiger partial charge in [0.05, 0.1) is 6.04 Å². The van der Waals surface area contributed by atoms with E-state index in [1.54, 1.807) is 0 Å². The van der Waals surface area contributed by atoms with Crippen LogP contribution < -0.4 is 5.32 Å². The van der Waals surface area contributed by atoms with E-state index in [-0.39, 0.29) is 6.04 Å². The molecule has 82 valence electrons. The standard InChI is InChI=1S/C14H14BrN/c1-16-14(11-7-3-2-4-8-11)12-9-5-6-10-13(12)15/h2-10,14,16H,1H3/t14-/m0/s1. The molecular weight excluding hydrogens is 262 g/mol. The Bertz CT molecular complexity index is 453. The molecule has 2 rings (SSSR count). The van der Waals surface area contributed by atoms with E-state index in [9.17, 15) is 0 Å². The van der Waals surface area contributed by atoms with Crippen molar-refractivity contribution in [3.05, 3.63) is 70.2 Å². The quantitative estimate of drug-likeness (QED) is 0.900. The molecule has 0 bridgehead atoms. The fraction of sp³-hybridized carbons (Fsp3) is 0.143. The third-order valence-corrected chi connectivity index (χ3v) is 3.36. The first-order valence-corrected chi connectivity index (χ1v) is 6.09. The first-order valence-electron chi connectivity index (χ1n) is 5.29. The van der Waals surface area contributed by atoms with Gasteiger partial charge in [-0.15, -0.1) is 0 Å². The zero-order valence-electron chi connectivity index (χ0n) is 9.15. The van der Waals surface area contributed by atoms with Crippen LogP contribution in [0.3, 0.4) is 0 Å². The van der Waals surface area contributed by atoms with Crippen molar-refractivity contribution in [3.8, 4) is 0 Å². The van der Waals surface area contributed by atoms with Gasteiger partial charge < -0.3 is 5.32 Å². The number of benzene rings is 2. The van der Waals surface area contributed by atoms with Crippen LogP contribution in [0.4, 0.5) is 0 Å². The monoisotopic (exact) mass is 275 g/mol. The van der Waals surface area contributed by atoms with Crippen LogP contribution in [-0.4, -0.2) is 7.05 Å². The van der Waals surface area contributed by atoms with Crippen molar-refractivity contribution in [1.29, 1.82) is 0 Å². The molecule has 0 unspecified atom stereocenters. The maximum Gasteiger partial charge on any atom is 0.0585 e. The van der Waals surface area contributed by atoms with Crippen molar-refractivity contribution in [2.45, 2.75) is 6.04 Å². The molecule has 16 heavy (non-hydrogen) atoms. The van der Waals surface area contributed by atoms with Gasteiger partial charge in [-0.25, -0.2) is 0 Å². The van der Waals surface area contributed by atoms with E-state index in [0.29, 0.717) is 0 Å². The highest BCUT2D eigenvalue weighted by Gasteiger charge is 2.13. The lowest BCUT2D eigenvalue weighted by Crippen LogP contribution is -2.17. The summed E-state index contributed by atoms with van der Waals surface area (Å²) in [4.78, 5) is 0. The SMILES string of the molecule is CN[C@@H](c1ccccc1)c1ccccc1Br. The Morgan fingerprint density at radius 1 is 0.938 bits per heavy atom. The van der Waals surface area contributed by atoms with Crippen LogP contribution in [0.5, 0.6) is 0 Å². The van der Waals surface area contributed by atoms with Crippen LogP contribution >= 0.6 is 15.9 Å². The minimum atomic E-state index is 0.233. The third-order valence-electron chi connectivity index (χ3n) is 2.64. The molecule has 0 aromatic heterocycles. The van der Waals surface area contributed by atoms with Gasteiger partial charge in [0.2, 0.25) is 0 Å². The minimum Gasteiger partial charge on any atom is -0.309 e. The third kappa shape index (κ3) is 2.34. The number of hydrogen-bond acceptors (Lipinski definition) is 1. The molecular formula is C14H14BrN. The minimum absolute atomic E-state index is 0.233. The zero-order chi connectivity index (χ0) is 11.4. The summed E-state index contributed by atoms with van der Waals surface area (Å²) in [5, 5.41) is 3.35. The molecule has 1 N–H and O–H groups in total. The lowest BCUT2D eigenvalue weighted by Gasteiger charge is -2.18. The first-order chi connectivity index (χ1) is 7.83. The van der Waals surface area contributed by atoms with Crippen LogP contribution in [0.1, 0.15) is 17.2 Å². The lowest BCUT2D eigenvalue weighted by molar-refractivity contribution is 0.689. The molecule has 0 spiro atoms. The number of hydrogen-bond donors (Lipinski definition) is 1. The summed E-state index contributed by atoms with van der Waals surface area (Å²) in [6.45, 7) is 0. The molecule has 1 nitrogen and oxygen atoms in total. The van der Waals surface area contributed by atoms with Gasteiger partial charge in [-0.2, -0.15) is 0 Å². The van der Waals surface area contributed by atoms with E-state index in [1.165, 1.54) is 11.1 Å². The van der Waals surface area contributed by atoms with Crippen LogP contribution in [0.15, 0.2) is 59.1 Å². The van der Waals surface area contributed by atoms with Gasteiger partial charge in [-0.3, -0.25) is 0 Å². The summed E-state index contributed by atoms with van der Waals surface area (Å²) >= 11 is 3.59. The van der Waals surface area contributed by atoms with Crippen molar-refractivity contribution in [3.63, 3.8) is 0 Å². The van der Waals surface area contributed by atoms with E-state index >= 15 is 0 Å². The molecule has 0 saturated heterocycles. The number of rotatable bonds is 3. The summed E-state index contributed by atoms with van der Waals surface area (Å²) in [6, 6.07) is 19.0. The van der Waals surface area contributed by atoms with Crippen LogP contribution in [-0.2, 0) is 0 Å². The summed E-state index contributed by atoms with van der Waals surface area (Å²) in [5.41, 5.74) is 2.54. The summed E-state index contributed by atoms with van der Waals surface area (Å²) < 4.78 is 1.14. The van der Waals surface area contributed by atoms with E-state index < -0.39 is 0 Å². The molecule has 2 aromatic carbocycles.